The number of hydrogen-bond acceptors (Lipinski definition) is 6. The number of aryl methyl sites for hydroxylation is 2. The van der Waals surface area contributed by atoms with Crippen molar-refractivity contribution >= 4 is 29.3 Å². The average molecular weight is 486 g/mol. The van der Waals surface area contributed by atoms with Crippen molar-refractivity contribution in [2.45, 2.75) is 45.3 Å². The molecule has 0 saturated carbocycles. The van der Waals surface area contributed by atoms with Crippen LogP contribution in [0.25, 0.3) is 0 Å². The first-order valence-corrected chi connectivity index (χ1v) is 12.8. The number of piperidine rings is 1. The second kappa shape index (κ2) is 11.9. The van der Waals surface area contributed by atoms with Gasteiger partial charge in [-0.15, -0.1) is 0 Å². The van der Waals surface area contributed by atoms with Gasteiger partial charge in [-0.2, -0.15) is 11.8 Å². The summed E-state index contributed by atoms with van der Waals surface area (Å²) in [5.74, 6) is 1.00. The van der Waals surface area contributed by atoms with E-state index in [9.17, 15) is 19.7 Å². The Morgan fingerprint density at radius 1 is 1.18 bits per heavy atom. The predicted octanol–water partition coefficient (Wildman–Crippen LogP) is 4.13. The number of carbonyl (C=O) groups is 2. The highest BCUT2D eigenvalue weighted by Gasteiger charge is 2.30. The van der Waals surface area contributed by atoms with Crippen molar-refractivity contribution in [3.05, 3.63) is 69.3 Å². The highest BCUT2D eigenvalue weighted by molar-refractivity contribution is 7.98. The number of carbonyl (C=O) groups excluding carboxylic acids is 2. The lowest BCUT2D eigenvalue weighted by Crippen LogP contribution is -2.52. The fourth-order valence-electron chi connectivity index (χ4n) is 4.06. The molecule has 0 aromatic heterocycles. The molecule has 9 heteroatoms. The zero-order valence-corrected chi connectivity index (χ0v) is 20.6. The summed E-state index contributed by atoms with van der Waals surface area (Å²) in [5, 5.41) is 13.8. The third-order valence-corrected chi connectivity index (χ3v) is 6.62. The molecule has 34 heavy (non-hydrogen) atoms. The van der Waals surface area contributed by atoms with Gasteiger partial charge in [-0.25, -0.2) is 0 Å². The zero-order chi connectivity index (χ0) is 24.7. The Hall–Kier alpha value is -3.07. The third kappa shape index (κ3) is 6.50. The Labute approximate surface area is 204 Å². The predicted molar refractivity (Wildman–Crippen MR) is 133 cm³/mol. The number of nitro benzene ring substituents is 1. The largest absolute Gasteiger partial charge is 0.490 e. The summed E-state index contributed by atoms with van der Waals surface area (Å²) in [7, 11) is 0. The van der Waals surface area contributed by atoms with Gasteiger partial charge in [0.1, 0.15) is 17.9 Å². The van der Waals surface area contributed by atoms with Crippen LogP contribution in [0.1, 0.15) is 40.7 Å². The zero-order valence-electron chi connectivity index (χ0n) is 19.8. The molecule has 1 aliphatic heterocycles. The number of benzene rings is 2. The monoisotopic (exact) mass is 485 g/mol. The number of nitrogens with zero attached hydrogens (tertiary/aromatic N) is 2. The fourth-order valence-corrected chi connectivity index (χ4v) is 4.53. The smallest absolute Gasteiger partial charge is 0.270 e. The second-order valence-corrected chi connectivity index (χ2v) is 9.46. The number of rotatable bonds is 9. The third-order valence-electron chi connectivity index (χ3n) is 5.98. The van der Waals surface area contributed by atoms with E-state index < -0.39 is 16.9 Å². The molecule has 1 unspecified atom stereocenters. The van der Waals surface area contributed by atoms with E-state index in [0.29, 0.717) is 38.1 Å². The number of nitrogens with one attached hydrogen (secondary N) is 1. The lowest BCUT2D eigenvalue weighted by atomic mass is 10.0. The van der Waals surface area contributed by atoms with E-state index in [2.05, 4.69) is 5.32 Å². The van der Waals surface area contributed by atoms with Gasteiger partial charge in [-0.3, -0.25) is 19.7 Å². The minimum atomic E-state index is -0.685. The Morgan fingerprint density at radius 2 is 1.82 bits per heavy atom. The van der Waals surface area contributed by atoms with E-state index in [1.54, 1.807) is 16.7 Å². The van der Waals surface area contributed by atoms with E-state index in [1.165, 1.54) is 24.3 Å². The molecule has 182 valence electrons. The molecule has 0 bridgehead atoms. The molecule has 0 radical (unpaired) electrons. The van der Waals surface area contributed by atoms with Gasteiger partial charge in [0.25, 0.3) is 11.6 Å². The Balaban J connectivity index is 1.62. The molecule has 1 heterocycles. The fraction of sp³-hybridized carbons (Fsp3) is 0.440. The van der Waals surface area contributed by atoms with Gasteiger partial charge >= 0.3 is 0 Å². The van der Waals surface area contributed by atoms with Gasteiger partial charge < -0.3 is 15.0 Å². The number of non-ortho nitro benzene ring substituents is 1. The van der Waals surface area contributed by atoms with Crippen molar-refractivity contribution < 1.29 is 19.2 Å². The maximum atomic E-state index is 13.3. The molecule has 1 aliphatic rings. The second-order valence-electron chi connectivity index (χ2n) is 8.48. The van der Waals surface area contributed by atoms with Crippen LogP contribution in [0, 0.1) is 24.0 Å². The Bertz CT molecular complexity index is 1020. The van der Waals surface area contributed by atoms with Crippen LogP contribution in [-0.4, -0.2) is 58.9 Å². The molecular weight excluding hydrogens is 454 g/mol. The SMILES string of the molecule is CSCCC(NC(=O)c1cccc([N+](=O)[O-])c1)C(=O)N1CCC(Oc2c(C)cccc2C)CC1. The van der Waals surface area contributed by atoms with Gasteiger partial charge in [0.2, 0.25) is 5.91 Å². The highest BCUT2D eigenvalue weighted by Crippen LogP contribution is 2.26. The molecule has 0 aliphatic carbocycles. The molecule has 1 saturated heterocycles. The van der Waals surface area contributed by atoms with Crippen LogP contribution in [-0.2, 0) is 4.79 Å². The van der Waals surface area contributed by atoms with Crippen LogP contribution in [0.3, 0.4) is 0 Å². The van der Waals surface area contributed by atoms with Crippen molar-refractivity contribution in [3.63, 3.8) is 0 Å². The summed E-state index contributed by atoms with van der Waals surface area (Å²) < 4.78 is 6.26. The number of hydrogen-bond donors (Lipinski definition) is 1. The van der Waals surface area contributed by atoms with Crippen LogP contribution in [0.5, 0.6) is 5.75 Å². The molecule has 0 spiro atoms. The van der Waals surface area contributed by atoms with Crippen LogP contribution >= 0.6 is 11.8 Å². The minimum Gasteiger partial charge on any atom is -0.490 e. The molecule has 1 atom stereocenters. The van der Waals surface area contributed by atoms with Crippen LogP contribution in [0.15, 0.2) is 42.5 Å². The summed E-state index contributed by atoms with van der Waals surface area (Å²) in [6, 6.07) is 10.9. The van der Waals surface area contributed by atoms with Gasteiger partial charge in [0.15, 0.2) is 0 Å². The molecule has 1 N–H and O–H groups in total. The topological polar surface area (TPSA) is 102 Å². The summed E-state index contributed by atoms with van der Waals surface area (Å²) in [5.41, 5.74) is 2.20. The Morgan fingerprint density at radius 3 is 2.44 bits per heavy atom. The molecule has 1 fully saturated rings. The van der Waals surface area contributed by atoms with Gasteiger partial charge in [-0.1, -0.05) is 24.3 Å². The standard InChI is InChI=1S/C25H31N3O5S/c1-17-6-4-7-18(2)23(17)33-21-10-13-27(14-11-21)25(30)22(12-15-34-3)26-24(29)19-8-5-9-20(16-19)28(31)32/h4-9,16,21-22H,10-15H2,1-3H3,(H,26,29). The molecular formula is C25H31N3O5S. The average Bonchev–Trinajstić information content (AvgIpc) is 2.84. The van der Waals surface area contributed by atoms with Crippen LogP contribution < -0.4 is 10.1 Å². The summed E-state index contributed by atoms with van der Waals surface area (Å²) >= 11 is 1.60. The van der Waals surface area contributed by atoms with E-state index in [-0.39, 0.29) is 23.3 Å². The highest BCUT2D eigenvalue weighted by atomic mass is 32.2. The van der Waals surface area contributed by atoms with Crippen molar-refractivity contribution in [1.82, 2.24) is 10.2 Å². The normalized spacial score (nSPS) is 15.0. The van der Waals surface area contributed by atoms with E-state index >= 15 is 0 Å². The van der Waals surface area contributed by atoms with Crippen molar-refractivity contribution in [1.29, 1.82) is 0 Å². The number of ether oxygens (including phenoxy) is 1. The lowest BCUT2D eigenvalue weighted by molar-refractivity contribution is -0.384. The van der Waals surface area contributed by atoms with E-state index in [0.717, 1.165) is 16.9 Å². The maximum Gasteiger partial charge on any atom is 0.270 e. The van der Waals surface area contributed by atoms with E-state index in [1.807, 2.05) is 38.3 Å². The molecule has 3 rings (SSSR count). The van der Waals surface area contributed by atoms with Crippen molar-refractivity contribution in [2.75, 3.05) is 25.1 Å². The summed E-state index contributed by atoms with van der Waals surface area (Å²) in [4.78, 5) is 38.3. The first kappa shape index (κ1) is 25.6. The van der Waals surface area contributed by atoms with Crippen LogP contribution in [0.4, 0.5) is 5.69 Å². The number of nitro groups is 1. The summed E-state index contributed by atoms with van der Waals surface area (Å²) in [6.45, 7) is 5.16. The summed E-state index contributed by atoms with van der Waals surface area (Å²) in [6.07, 6.45) is 3.90. The lowest BCUT2D eigenvalue weighted by Gasteiger charge is -2.35. The van der Waals surface area contributed by atoms with Crippen molar-refractivity contribution in [2.24, 2.45) is 0 Å². The van der Waals surface area contributed by atoms with Crippen LogP contribution in [0.2, 0.25) is 0 Å². The number of para-hydroxylation sites is 1. The number of amides is 2. The molecule has 2 aromatic carbocycles. The maximum absolute atomic E-state index is 13.3. The first-order valence-electron chi connectivity index (χ1n) is 11.4. The molecule has 2 amide bonds. The Kier molecular flexibility index (Phi) is 8.92. The number of likely N-dealkylation sites (tertiary alicyclic amines) is 1. The van der Waals surface area contributed by atoms with Gasteiger partial charge in [0.05, 0.1) is 4.92 Å². The van der Waals surface area contributed by atoms with Gasteiger partial charge in [-0.05, 0) is 49.5 Å². The van der Waals surface area contributed by atoms with Gasteiger partial charge in [0, 0.05) is 43.6 Å². The van der Waals surface area contributed by atoms with E-state index in [4.69, 9.17) is 4.74 Å². The number of thioether (sulfide) groups is 1. The van der Waals surface area contributed by atoms with Crippen molar-refractivity contribution in [3.8, 4) is 5.75 Å². The molecule has 8 nitrogen and oxygen atoms in total. The minimum absolute atomic E-state index is 0.0351. The quantitative estimate of drug-likeness (QED) is 0.423. The molecule has 2 aromatic rings. The first-order chi connectivity index (χ1) is 16.3.